The van der Waals surface area contributed by atoms with E-state index in [9.17, 15) is 4.79 Å². The van der Waals surface area contributed by atoms with Crippen LogP contribution in [0.2, 0.25) is 0 Å². The molecule has 0 saturated carbocycles. The first kappa shape index (κ1) is 12.7. The summed E-state index contributed by atoms with van der Waals surface area (Å²) < 4.78 is 0. The van der Waals surface area contributed by atoms with Gasteiger partial charge in [0.2, 0.25) is 0 Å². The number of hydrogen-bond donors (Lipinski definition) is 0. The summed E-state index contributed by atoms with van der Waals surface area (Å²) in [4.78, 5) is 11.7. The lowest BCUT2D eigenvalue weighted by Crippen LogP contribution is -2.07. The van der Waals surface area contributed by atoms with Crippen molar-refractivity contribution in [2.45, 2.75) is 32.6 Å². The van der Waals surface area contributed by atoms with Crippen LogP contribution in [0.5, 0.6) is 0 Å². The van der Waals surface area contributed by atoms with Crippen molar-refractivity contribution in [1.82, 2.24) is 0 Å². The van der Waals surface area contributed by atoms with Crippen LogP contribution in [0.1, 0.15) is 38.2 Å². The van der Waals surface area contributed by atoms with Crippen LogP contribution in [0.4, 0.5) is 0 Å². The minimum atomic E-state index is 0.146. The topological polar surface area (TPSA) is 17.1 Å². The van der Waals surface area contributed by atoms with E-state index in [1.807, 2.05) is 50.3 Å². The Morgan fingerprint density at radius 2 is 1.94 bits per heavy atom. The number of ketones is 1. The third-order valence-corrected chi connectivity index (χ3v) is 2.51. The summed E-state index contributed by atoms with van der Waals surface area (Å²) >= 11 is 0. The average Bonchev–Trinajstić information content (AvgIpc) is 2.26. The van der Waals surface area contributed by atoms with Crippen LogP contribution in [0.25, 0.3) is 0 Å². The van der Waals surface area contributed by atoms with Gasteiger partial charge in [-0.05, 0) is 11.5 Å². The molecule has 0 amide bonds. The predicted molar refractivity (Wildman–Crippen MR) is 68.2 cm³/mol. The van der Waals surface area contributed by atoms with Gasteiger partial charge in [-0.1, -0.05) is 50.3 Å². The van der Waals surface area contributed by atoms with Gasteiger partial charge in [-0.15, -0.1) is 6.58 Å². The molecule has 0 fully saturated rings. The maximum absolute atomic E-state index is 11.7. The van der Waals surface area contributed by atoms with Crippen LogP contribution in [-0.4, -0.2) is 5.78 Å². The highest BCUT2D eigenvalue weighted by Gasteiger charge is 2.13. The van der Waals surface area contributed by atoms with E-state index < -0.39 is 0 Å². The fourth-order valence-electron chi connectivity index (χ4n) is 1.75. The number of hydrogen-bond acceptors (Lipinski definition) is 1. The van der Waals surface area contributed by atoms with Crippen LogP contribution in [0.15, 0.2) is 43.0 Å². The zero-order valence-electron chi connectivity index (χ0n) is 10.1. The van der Waals surface area contributed by atoms with E-state index in [1.165, 1.54) is 11.5 Å². The van der Waals surface area contributed by atoms with Crippen molar-refractivity contribution in [2.24, 2.45) is 0 Å². The van der Waals surface area contributed by atoms with Gasteiger partial charge in [0.15, 0.2) is 0 Å². The van der Waals surface area contributed by atoms with Gasteiger partial charge in [-0.25, -0.2) is 0 Å². The zero-order valence-corrected chi connectivity index (χ0v) is 10.1. The van der Waals surface area contributed by atoms with Crippen molar-refractivity contribution in [2.75, 3.05) is 0 Å². The minimum Gasteiger partial charge on any atom is -0.300 e. The Morgan fingerprint density at radius 3 is 2.44 bits per heavy atom. The second-order valence-electron chi connectivity index (χ2n) is 4.38. The molecule has 1 atom stereocenters. The summed E-state index contributed by atoms with van der Waals surface area (Å²) in [5, 5.41) is 0. The van der Waals surface area contributed by atoms with Crippen LogP contribution in [-0.2, 0) is 4.79 Å². The van der Waals surface area contributed by atoms with E-state index in [1.54, 1.807) is 0 Å². The lowest BCUT2D eigenvalue weighted by atomic mass is 9.91. The molecule has 0 saturated heterocycles. The SMILES string of the molecule is C=CC(CC(=O)C[C](C)C)c1ccccc1. The summed E-state index contributed by atoms with van der Waals surface area (Å²) in [6, 6.07) is 10.1. The molecule has 0 aliphatic rings. The Labute approximate surface area is 98.2 Å². The molecular weight excluding hydrogens is 196 g/mol. The molecule has 0 N–H and O–H groups in total. The summed E-state index contributed by atoms with van der Waals surface area (Å²) in [6.45, 7) is 7.79. The highest BCUT2D eigenvalue weighted by Crippen LogP contribution is 2.22. The van der Waals surface area contributed by atoms with Crippen molar-refractivity contribution >= 4 is 5.78 Å². The molecule has 16 heavy (non-hydrogen) atoms. The summed E-state index contributed by atoms with van der Waals surface area (Å²) in [6.07, 6.45) is 2.99. The Kier molecular flexibility index (Phi) is 4.97. The molecule has 0 bridgehead atoms. The fourth-order valence-corrected chi connectivity index (χ4v) is 1.75. The quantitative estimate of drug-likeness (QED) is 0.657. The van der Waals surface area contributed by atoms with Gasteiger partial charge in [0.25, 0.3) is 0 Å². The molecule has 1 aromatic carbocycles. The lowest BCUT2D eigenvalue weighted by Gasteiger charge is -2.12. The van der Waals surface area contributed by atoms with Gasteiger partial charge in [0.1, 0.15) is 5.78 Å². The average molecular weight is 215 g/mol. The molecule has 0 aliphatic heterocycles. The van der Waals surface area contributed by atoms with Crippen molar-refractivity contribution in [3.63, 3.8) is 0 Å². The standard InChI is InChI=1S/C15H19O/c1-4-13(11-15(16)10-12(2)3)14-8-6-5-7-9-14/h4-9,13H,1,10-11H2,2-3H3. The molecule has 1 rings (SSSR count). The van der Waals surface area contributed by atoms with Crippen molar-refractivity contribution < 1.29 is 4.79 Å². The Morgan fingerprint density at radius 1 is 1.31 bits per heavy atom. The molecule has 1 radical (unpaired) electrons. The highest BCUT2D eigenvalue weighted by molar-refractivity contribution is 5.81. The molecule has 85 valence electrons. The van der Waals surface area contributed by atoms with E-state index in [0.717, 1.165) is 0 Å². The van der Waals surface area contributed by atoms with Gasteiger partial charge >= 0.3 is 0 Å². The maximum atomic E-state index is 11.7. The summed E-state index contributed by atoms with van der Waals surface area (Å²) in [7, 11) is 0. The predicted octanol–water partition coefficient (Wildman–Crippen LogP) is 3.92. The summed E-state index contributed by atoms with van der Waals surface area (Å²) in [5.41, 5.74) is 1.17. The van der Waals surface area contributed by atoms with E-state index in [0.29, 0.717) is 12.8 Å². The second kappa shape index (κ2) is 6.26. The normalized spacial score (nSPS) is 12.4. The van der Waals surface area contributed by atoms with Crippen LogP contribution >= 0.6 is 0 Å². The Hall–Kier alpha value is -1.37. The number of rotatable bonds is 6. The number of allylic oxidation sites excluding steroid dienone is 1. The molecule has 0 aliphatic carbocycles. The van der Waals surface area contributed by atoms with E-state index in [4.69, 9.17) is 0 Å². The van der Waals surface area contributed by atoms with Gasteiger partial charge in [-0.2, -0.15) is 0 Å². The third kappa shape index (κ3) is 4.01. The first-order chi connectivity index (χ1) is 7.63. The fraction of sp³-hybridized carbons (Fsp3) is 0.333. The van der Waals surface area contributed by atoms with E-state index in [2.05, 4.69) is 6.58 Å². The number of benzene rings is 1. The molecule has 1 unspecified atom stereocenters. The molecule has 0 aromatic heterocycles. The molecule has 1 aromatic rings. The Bertz CT molecular complexity index is 338. The van der Waals surface area contributed by atoms with Crippen molar-refractivity contribution in [3.8, 4) is 0 Å². The van der Waals surface area contributed by atoms with Crippen molar-refractivity contribution in [1.29, 1.82) is 0 Å². The maximum Gasteiger partial charge on any atom is 0.134 e. The van der Waals surface area contributed by atoms with Crippen LogP contribution in [0, 0.1) is 5.92 Å². The monoisotopic (exact) mass is 215 g/mol. The first-order valence-electron chi connectivity index (χ1n) is 5.61. The summed E-state index contributed by atoms with van der Waals surface area (Å²) in [5.74, 6) is 1.60. The third-order valence-electron chi connectivity index (χ3n) is 2.51. The first-order valence-corrected chi connectivity index (χ1v) is 5.61. The molecule has 0 spiro atoms. The number of Topliss-reactive ketones (excluding diaryl/α,β-unsaturated/α-hetero) is 1. The number of carbonyl (C=O) groups is 1. The molecular formula is C15H19O. The van der Waals surface area contributed by atoms with E-state index >= 15 is 0 Å². The largest absolute Gasteiger partial charge is 0.300 e. The highest BCUT2D eigenvalue weighted by atomic mass is 16.1. The van der Waals surface area contributed by atoms with Crippen LogP contribution < -0.4 is 0 Å². The van der Waals surface area contributed by atoms with Crippen LogP contribution in [0.3, 0.4) is 0 Å². The van der Waals surface area contributed by atoms with Gasteiger partial charge < -0.3 is 0 Å². The van der Waals surface area contributed by atoms with E-state index in [-0.39, 0.29) is 11.7 Å². The minimum absolute atomic E-state index is 0.146. The second-order valence-corrected chi connectivity index (χ2v) is 4.38. The van der Waals surface area contributed by atoms with Gasteiger partial charge in [0.05, 0.1) is 0 Å². The van der Waals surface area contributed by atoms with Crippen molar-refractivity contribution in [3.05, 3.63) is 54.5 Å². The Balaban J connectivity index is 2.63. The molecule has 1 nitrogen and oxygen atoms in total. The lowest BCUT2D eigenvalue weighted by molar-refractivity contribution is -0.118. The smallest absolute Gasteiger partial charge is 0.134 e. The molecule has 0 heterocycles. The van der Waals surface area contributed by atoms with Gasteiger partial charge in [0, 0.05) is 18.8 Å². The number of carbonyl (C=O) groups excluding carboxylic acids is 1. The zero-order chi connectivity index (χ0) is 12.0. The molecule has 1 heteroatoms. The van der Waals surface area contributed by atoms with Gasteiger partial charge in [-0.3, -0.25) is 4.79 Å².